The largest absolute Gasteiger partial charge is 0.477 e. The van der Waals surface area contributed by atoms with E-state index in [-0.39, 0.29) is 30.3 Å². The van der Waals surface area contributed by atoms with E-state index in [2.05, 4.69) is 12.2 Å². The van der Waals surface area contributed by atoms with E-state index in [1.165, 1.54) is 0 Å². The molecule has 3 unspecified atom stereocenters. The van der Waals surface area contributed by atoms with Crippen LogP contribution >= 0.6 is 0 Å². The molecule has 0 amide bonds. The number of allylic oxidation sites excluding steroid dienone is 2. The molecule has 7 nitrogen and oxygen atoms in total. The minimum Gasteiger partial charge on any atom is -0.477 e. The summed E-state index contributed by atoms with van der Waals surface area (Å²) in [6.07, 6.45) is 13.5. The maximum absolute atomic E-state index is 12.5. The lowest BCUT2D eigenvalue weighted by Crippen LogP contribution is -2.72. The van der Waals surface area contributed by atoms with Gasteiger partial charge < -0.3 is 15.3 Å². The molecular weight excluding hydrogens is 422 g/mol. The highest BCUT2D eigenvalue weighted by Gasteiger charge is 2.56. The monoisotopic (exact) mass is 470 g/mol. The van der Waals surface area contributed by atoms with E-state index in [1.807, 2.05) is 27.7 Å². The van der Waals surface area contributed by atoms with Crippen LogP contribution in [0, 0.1) is 0 Å². The summed E-state index contributed by atoms with van der Waals surface area (Å²) < 4.78 is -0.378. The van der Waals surface area contributed by atoms with Crippen molar-refractivity contribution < 1.29 is 34.2 Å². The van der Waals surface area contributed by atoms with Gasteiger partial charge in [0.2, 0.25) is 0 Å². The summed E-state index contributed by atoms with van der Waals surface area (Å²) >= 11 is 0. The van der Waals surface area contributed by atoms with Gasteiger partial charge >= 0.3 is 17.9 Å². The first-order valence-corrected chi connectivity index (χ1v) is 12.9. The first kappa shape index (κ1) is 31.1. The highest BCUT2D eigenvalue weighted by Crippen LogP contribution is 2.34. The summed E-state index contributed by atoms with van der Waals surface area (Å²) in [7, 11) is 0. The number of hydrogen-bond acceptors (Lipinski definition) is 3. The van der Waals surface area contributed by atoms with Crippen LogP contribution in [0.3, 0.4) is 0 Å². The lowest BCUT2D eigenvalue weighted by molar-refractivity contribution is -0.973. The fraction of sp³-hybridized carbons (Fsp3) is 0.808. The van der Waals surface area contributed by atoms with Crippen molar-refractivity contribution in [2.24, 2.45) is 0 Å². The number of quaternary nitrogens is 1. The molecule has 0 saturated carbocycles. The third-order valence-electron chi connectivity index (χ3n) is 6.68. The average Bonchev–Trinajstić information content (AvgIpc) is 2.76. The van der Waals surface area contributed by atoms with Crippen molar-refractivity contribution in [3.63, 3.8) is 0 Å². The molecular formula is C26H48NO6+. The summed E-state index contributed by atoms with van der Waals surface area (Å²) in [6, 6.07) is -3.14. The van der Waals surface area contributed by atoms with Crippen LogP contribution in [0.2, 0.25) is 0 Å². The summed E-state index contributed by atoms with van der Waals surface area (Å²) in [5.41, 5.74) is 0. The number of carbonyl (C=O) groups is 3. The van der Waals surface area contributed by atoms with Crippen molar-refractivity contribution in [1.82, 2.24) is 0 Å². The smallest absolute Gasteiger partial charge is 0.362 e. The Kier molecular flexibility index (Phi) is 16.6. The molecule has 0 aromatic carbocycles. The fourth-order valence-corrected chi connectivity index (χ4v) is 5.17. The van der Waals surface area contributed by atoms with Crippen LogP contribution in [-0.2, 0) is 14.4 Å². The van der Waals surface area contributed by atoms with Crippen LogP contribution in [0.15, 0.2) is 12.2 Å². The molecule has 3 N–H and O–H groups in total. The van der Waals surface area contributed by atoms with Gasteiger partial charge in [0, 0.05) is 19.3 Å². The molecule has 0 aliphatic heterocycles. The van der Waals surface area contributed by atoms with Gasteiger partial charge in [-0.2, -0.15) is 0 Å². The van der Waals surface area contributed by atoms with E-state index in [4.69, 9.17) is 0 Å². The summed E-state index contributed by atoms with van der Waals surface area (Å²) in [4.78, 5) is 37.4. The van der Waals surface area contributed by atoms with E-state index >= 15 is 0 Å². The zero-order valence-corrected chi connectivity index (χ0v) is 21.3. The van der Waals surface area contributed by atoms with Gasteiger partial charge in [-0.05, 0) is 51.9 Å². The Morgan fingerprint density at radius 3 is 1.36 bits per heavy atom. The topological polar surface area (TPSA) is 112 Å². The third kappa shape index (κ3) is 9.86. The minimum absolute atomic E-state index is 0.265. The van der Waals surface area contributed by atoms with E-state index in [1.54, 1.807) is 0 Å². The van der Waals surface area contributed by atoms with Crippen molar-refractivity contribution >= 4 is 17.9 Å². The van der Waals surface area contributed by atoms with E-state index in [0.717, 1.165) is 38.5 Å². The Hall–Kier alpha value is -1.89. The number of aliphatic carboxylic acids is 3. The summed E-state index contributed by atoms with van der Waals surface area (Å²) in [6.45, 7) is 7.87. The molecule has 0 saturated heterocycles. The quantitative estimate of drug-likeness (QED) is 0.110. The van der Waals surface area contributed by atoms with Crippen molar-refractivity contribution in [2.45, 2.75) is 129 Å². The van der Waals surface area contributed by atoms with Crippen molar-refractivity contribution in [1.29, 1.82) is 0 Å². The number of rotatable bonds is 21. The highest BCUT2D eigenvalue weighted by molar-refractivity contribution is 5.78. The SMILES string of the molecule is C/C=C/CCCCCCCC[N+](C(CCC)C(=O)O)(C(CCC)C(=O)O)C(CCC)C(=O)O. The second-order valence-electron chi connectivity index (χ2n) is 9.13. The molecule has 0 aliphatic rings. The fourth-order valence-electron chi connectivity index (χ4n) is 5.17. The number of nitrogens with zero attached hydrogens (tertiary/aromatic N) is 1. The van der Waals surface area contributed by atoms with Gasteiger partial charge in [-0.1, -0.05) is 52.2 Å². The molecule has 33 heavy (non-hydrogen) atoms. The van der Waals surface area contributed by atoms with Crippen LogP contribution in [0.4, 0.5) is 0 Å². The Labute approximate surface area is 200 Å². The van der Waals surface area contributed by atoms with Crippen LogP contribution in [-0.4, -0.2) is 62.4 Å². The second kappa shape index (κ2) is 17.6. The third-order valence-corrected chi connectivity index (χ3v) is 6.68. The minimum atomic E-state index is -1.09. The van der Waals surface area contributed by atoms with Gasteiger partial charge in [-0.25, -0.2) is 14.4 Å². The van der Waals surface area contributed by atoms with Crippen LogP contribution in [0.5, 0.6) is 0 Å². The number of unbranched alkanes of at least 4 members (excludes halogenated alkanes) is 6. The molecule has 0 spiro atoms. The Bertz CT molecular complexity index is 544. The Morgan fingerprint density at radius 1 is 0.667 bits per heavy atom. The Balaban J connectivity index is 5.98. The molecule has 0 aliphatic carbocycles. The zero-order chi connectivity index (χ0) is 25.3. The molecule has 0 rings (SSSR count). The molecule has 0 radical (unpaired) electrons. The first-order valence-electron chi connectivity index (χ1n) is 12.9. The predicted molar refractivity (Wildman–Crippen MR) is 131 cm³/mol. The first-order chi connectivity index (χ1) is 15.7. The van der Waals surface area contributed by atoms with Gasteiger partial charge in [0.05, 0.1) is 6.54 Å². The van der Waals surface area contributed by atoms with Crippen LogP contribution < -0.4 is 0 Å². The normalized spacial score (nSPS) is 16.2. The summed E-state index contributed by atoms with van der Waals surface area (Å²) in [5.74, 6) is -3.28. The van der Waals surface area contributed by atoms with Crippen molar-refractivity contribution in [2.75, 3.05) is 6.54 Å². The summed E-state index contributed by atoms with van der Waals surface area (Å²) in [5, 5.41) is 30.5. The lowest BCUT2D eigenvalue weighted by atomic mass is 9.91. The molecule has 0 aromatic rings. The van der Waals surface area contributed by atoms with E-state index in [9.17, 15) is 29.7 Å². The zero-order valence-electron chi connectivity index (χ0n) is 21.3. The van der Waals surface area contributed by atoms with Crippen LogP contribution in [0.1, 0.15) is 111 Å². The molecule has 3 atom stereocenters. The average molecular weight is 471 g/mol. The van der Waals surface area contributed by atoms with Gasteiger partial charge in [0.25, 0.3) is 0 Å². The number of carboxylic acid groups (broad SMARTS) is 3. The second-order valence-corrected chi connectivity index (χ2v) is 9.13. The molecule has 0 bridgehead atoms. The number of hydrogen-bond donors (Lipinski definition) is 3. The van der Waals surface area contributed by atoms with Gasteiger partial charge in [-0.15, -0.1) is 0 Å². The van der Waals surface area contributed by atoms with Gasteiger partial charge in [0.1, 0.15) is 0 Å². The van der Waals surface area contributed by atoms with Gasteiger partial charge in [-0.3, -0.25) is 4.48 Å². The van der Waals surface area contributed by atoms with Gasteiger partial charge in [0.15, 0.2) is 18.1 Å². The maximum atomic E-state index is 12.5. The molecule has 0 heterocycles. The van der Waals surface area contributed by atoms with Crippen molar-refractivity contribution in [3.05, 3.63) is 12.2 Å². The predicted octanol–water partition coefficient (Wildman–Crippen LogP) is 5.87. The highest BCUT2D eigenvalue weighted by atomic mass is 16.4. The molecule has 0 aromatic heterocycles. The standard InChI is InChI=1S/C26H47NO6/c1-5-9-10-11-12-13-14-15-16-20-27(21(17-6-2)24(28)29,22(18-7-3)25(30)31)23(19-8-4)26(32)33/h5,9,21-23H,6-8,10-20H2,1-4H3,(H2-,28,29,30,31,32,33)/p+1/b9-5+. The Morgan fingerprint density at radius 2 is 1.03 bits per heavy atom. The van der Waals surface area contributed by atoms with E-state index in [0.29, 0.717) is 25.7 Å². The lowest BCUT2D eigenvalue weighted by Gasteiger charge is -2.50. The molecule has 0 fully saturated rings. The molecule has 192 valence electrons. The van der Waals surface area contributed by atoms with Crippen LogP contribution in [0.25, 0.3) is 0 Å². The van der Waals surface area contributed by atoms with E-state index < -0.39 is 36.0 Å². The van der Waals surface area contributed by atoms with Crippen molar-refractivity contribution in [3.8, 4) is 0 Å². The maximum Gasteiger partial charge on any atom is 0.362 e. The molecule has 7 heteroatoms. The number of carboxylic acids is 3.